The van der Waals surface area contributed by atoms with Gasteiger partial charge in [0, 0.05) is 0 Å². The van der Waals surface area contributed by atoms with E-state index in [-0.39, 0.29) is 22.3 Å². The lowest BCUT2D eigenvalue weighted by molar-refractivity contribution is 0.574. The Bertz CT molecular complexity index is 1160. The Balaban J connectivity index is 2.17. The van der Waals surface area contributed by atoms with Gasteiger partial charge in [0.2, 0.25) is 0 Å². The number of nitrogens with one attached hydrogen (secondary N) is 4. The smallest absolute Gasteiger partial charge is 0.290 e. The number of H-pyrrole nitrogens is 4. The van der Waals surface area contributed by atoms with Crippen LogP contribution in [-0.2, 0) is 0 Å². The van der Waals surface area contributed by atoms with Gasteiger partial charge in [0.1, 0.15) is 6.33 Å². The third-order valence-electron chi connectivity index (χ3n) is 2.96. The predicted octanol–water partition coefficient (Wildman–Crippen LogP) is -3.15. The van der Waals surface area contributed by atoms with Crippen molar-refractivity contribution in [2.75, 3.05) is 0 Å². The molecule has 0 bridgehead atoms. The largest absolute Gasteiger partial charge is 0.327 e. The van der Waals surface area contributed by atoms with Crippen molar-refractivity contribution in [1.82, 2.24) is 44.7 Å². The number of rotatable bonds is 1. The van der Waals surface area contributed by atoms with Crippen LogP contribution >= 0.6 is 0 Å². The highest BCUT2D eigenvalue weighted by molar-refractivity contribution is 5.71. The van der Waals surface area contributed by atoms with Gasteiger partial charge in [0.15, 0.2) is 22.3 Å². The lowest BCUT2D eigenvalue weighted by Gasteiger charge is -2.02. The SMILES string of the molecule is O=c1[nH]c(=O)c2ncn(-n3nnc4c(=O)[nH]c(=O)[nH]c43)c2[nH]1. The maximum Gasteiger partial charge on any atom is 0.327 e. The van der Waals surface area contributed by atoms with Crippen molar-refractivity contribution in [2.45, 2.75) is 0 Å². The first-order chi connectivity index (χ1) is 10.5. The van der Waals surface area contributed by atoms with Crippen molar-refractivity contribution in [3.8, 4) is 0 Å². The second-order valence-corrected chi connectivity index (χ2v) is 4.28. The fraction of sp³-hybridized carbons (Fsp3) is 0. The topological polar surface area (TPSA) is 180 Å². The standard InChI is InChI=1S/C9H5N9O4/c19-6-2-4(11-8(21)13-6)17(1-10-2)18-5-3(15-16-18)7(20)14-9(22)12-5/h1H,(H2,11,13,19,21)(H2,12,14,20,22). The third kappa shape index (κ3) is 1.49. The Morgan fingerprint density at radius 2 is 1.45 bits per heavy atom. The van der Waals surface area contributed by atoms with E-state index in [4.69, 9.17) is 0 Å². The molecule has 0 atom stereocenters. The molecule has 0 aliphatic rings. The molecule has 4 aromatic heterocycles. The number of nitrogens with zero attached hydrogens (tertiary/aromatic N) is 5. The summed E-state index contributed by atoms with van der Waals surface area (Å²) in [5.41, 5.74) is -3.05. The zero-order chi connectivity index (χ0) is 15.4. The minimum absolute atomic E-state index is 0.0193. The van der Waals surface area contributed by atoms with E-state index in [1.807, 2.05) is 9.97 Å². The van der Waals surface area contributed by atoms with Crippen molar-refractivity contribution >= 4 is 22.3 Å². The number of aromatic amines is 4. The van der Waals surface area contributed by atoms with Crippen molar-refractivity contribution in [1.29, 1.82) is 0 Å². The zero-order valence-corrected chi connectivity index (χ0v) is 10.4. The van der Waals surface area contributed by atoms with Crippen LogP contribution in [0.15, 0.2) is 25.5 Å². The molecule has 0 aromatic carbocycles. The molecule has 13 nitrogen and oxygen atoms in total. The van der Waals surface area contributed by atoms with Gasteiger partial charge in [-0.15, -0.1) is 9.89 Å². The maximum absolute atomic E-state index is 11.6. The van der Waals surface area contributed by atoms with Crippen LogP contribution in [0, 0.1) is 0 Å². The molecule has 0 spiro atoms. The molecule has 13 heteroatoms. The molecule has 0 fully saturated rings. The Labute approximate surface area is 116 Å². The monoisotopic (exact) mass is 303 g/mol. The molecule has 0 saturated carbocycles. The quantitative estimate of drug-likeness (QED) is 0.286. The van der Waals surface area contributed by atoms with Crippen LogP contribution < -0.4 is 22.5 Å². The molecule has 4 N–H and O–H groups in total. The molecule has 0 amide bonds. The maximum atomic E-state index is 11.6. The average Bonchev–Trinajstić information content (AvgIpc) is 3.02. The molecule has 0 aliphatic carbocycles. The summed E-state index contributed by atoms with van der Waals surface area (Å²) in [6, 6.07) is 0. The van der Waals surface area contributed by atoms with Gasteiger partial charge in [-0.3, -0.25) is 29.5 Å². The first-order valence-corrected chi connectivity index (χ1v) is 5.83. The normalized spacial score (nSPS) is 11.5. The minimum atomic E-state index is -0.753. The van der Waals surface area contributed by atoms with Gasteiger partial charge in [-0.2, -0.15) is 0 Å². The fourth-order valence-corrected chi connectivity index (χ4v) is 2.06. The summed E-state index contributed by atoms with van der Waals surface area (Å²) in [5, 5.41) is 7.35. The number of hydrogen-bond donors (Lipinski definition) is 4. The lowest BCUT2D eigenvalue weighted by atomic mass is 10.5. The molecule has 110 valence electrons. The first kappa shape index (κ1) is 12.0. The van der Waals surface area contributed by atoms with Crippen LogP contribution in [0.5, 0.6) is 0 Å². The second kappa shape index (κ2) is 3.87. The highest BCUT2D eigenvalue weighted by Crippen LogP contribution is 2.06. The molecule has 4 rings (SSSR count). The summed E-state index contributed by atoms with van der Waals surface area (Å²) >= 11 is 0. The predicted molar refractivity (Wildman–Crippen MR) is 70.5 cm³/mol. The minimum Gasteiger partial charge on any atom is -0.290 e. The molecular formula is C9H5N9O4. The van der Waals surface area contributed by atoms with E-state index in [0.29, 0.717) is 0 Å². The van der Waals surface area contributed by atoms with Gasteiger partial charge in [-0.25, -0.2) is 19.2 Å². The van der Waals surface area contributed by atoms with Crippen molar-refractivity contribution in [2.24, 2.45) is 0 Å². The third-order valence-corrected chi connectivity index (χ3v) is 2.96. The van der Waals surface area contributed by atoms with E-state index >= 15 is 0 Å². The van der Waals surface area contributed by atoms with Gasteiger partial charge in [0.05, 0.1) is 0 Å². The number of fused-ring (bicyclic) bond motifs is 2. The average molecular weight is 303 g/mol. The van der Waals surface area contributed by atoms with Gasteiger partial charge in [-0.1, -0.05) is 0 Å². The van der Waals surface area contributed by atoms with E-state index in [1.165, 1.54) is 6.33 Å². The molecular weight excluding hydrogens is 298 g/mol. The molecule has 0 radical (unpaired) electrons. The van der Waals surface area contributed by atoms with E-state index in [0.717, 1.165) is 9.47 Å². The van der Waals surface area contributed by atoms with Crippen LogP contribution in [-0.4, -0.2) is 44.7 Å². The van der Waals surface area contributed by atoms with Gasteiger partial charge < -0.3 is 0 Å². The summed E-state index contributed by atoms with van der Waals surface area (Å²) in [5.74, 6) is 0. The number of imidazole rings is 1. The van der Waals surface area contributed by atoms with Crippen LogP contribution in [0.3, 0.4) is 0 Å². The summed E-state index contributed by atoms with van der Waals surface area (Å²) in [4.78, 5) is 59.7. The fourth-order valence-electron chi connectivity index (χ4n) is 2.06. The Morgan fingerprint density at radius 3 is 2.18 bits per heavy atom. The van der Waals surface area contributed by atoms with Crippen LogP contribution in [0.25, 0.3) is 22.3 Å². The number of aromatic nitrogens is 9. The molecule has 4 heterocycles. The van der Waals surface area contributed by atoms with Crippen LogP contribution in [0.1, 0.15) is 0 Å². The summed E-state index contributed by atoms with van der Waals surface area (Å²) in [6.45, 7) is 0. The highest BCUT2D eigenvalue weighted by Gasteiger charge is 2.15. The number of hydrogen-bond acceptors (Lipinski definition) is 7. The Morgan fingerprint density at radius 1 is 0.818 bits per heavy atom. The summed E-state index contributed by atoms with van der Waals surface area (Å²) < 4.78 is 1.16. The molecule has 22 heavy (non-hydrogen) atoms. The van der Waals surface area contributed by atoms with Crippen molar-refractivity contribution in [3.63, 3.8) is 0 Å². The molecule has 0 aliphatic heterocycles. The molecule has 4 aromatic rings. The Hall–Kier alpha value is -3.77. The van der Waals surface area contributed by atoms with E-state index in [1.54, 1.807) is 0 Å². The highest BCUT2D eigenvalue weighted by atomic mass is 16.2. The summed E-state index contributed by atoms with van der Waals surface area (Å²) in [7, 11) is 0. The molecule has 0 unspecified atom stereocenters. The molecule has 0 saturated heterocycles. The van der Waals surface area contributed by atoms with E-state index in [9.17, 15) is 19.2 Å². The van der Waals surface area contributed by atoms with Crippen molar-refractivity contribution in [3.05, 3.63) is 48.0 Å². The van der Waals surface area contributed by atoms with Crippen LogP contribution in [0.4, 0.5) is 0 Å². The van der Waals surface area contributed by atoms with Gasteiger partial charge in [0.25, 0.3) is 11.1 Å². The van der Waals surface area contributed by atoms with E-state index in [2.05, 4.69) is 25.3 Å². The summed E-state index contributed by atoms with van der Waals surface area (Å²) in [6.07, 6.45) is 1.18. The lowest BCUT2D eigenvalue weighted by Crippen LogP contribution is -2.25. The zero-order valence-electron chi connectivity index (χ0n) is 10.4. The van der Waals surface area contributed by atoms with Gasteiger partial charge in [-0.05, 0) is 5.21 Å². The van der Waals surface area contributed by atoms with Crippen LogP contribution in [0.2, 0.25) is 0 Å². The second-order valence-electron chi connectivity index (χ2n) is 4.28. The van der Waals surface area contributed by atoms with E-state index < -0.39 is 22.5 Å². The van der Waals surface area contributed by atoms with Gasteiger partial charge >= 0.3 is 11.4 Å². The Kier molecular flexibility index (Phi) is 2.11. The van der Waals surface area contributed by atoms with Crippen molar-refractivity contribution < 1.29 is 0 Å². The first-order valence-electron chi connectivity index (χ1n) is 5.83.